The molecular weight excluding hydrogens is 385 g/mol. The largest absolute Gasteiger partial charge is 0.354 e. The van der Waals surface area contributed by atoms with Crippen LogP contribution in [0.15, 0.2) is 58.3 Å². The highest BCUT2D eigenvalue weighted by molar-refractivity contribution is 7.99. The quantitative estimate of drug-likeness (QED) is 0.438. The van der Waals surface area contributed by atoms with Crippen LogP contribution in [0, 0.1) is 5.82 Å². The lowest BCUT2D eigenvalue weighted by Gasteiger charge is -2.13. The molecule has 2 aromatic carbocycles. The highest BCUT2D eigenvalue weighted by Gasteiger charge is 2.29. The molecule has 0 spiro atoms. The second kappa shape index (κ2) is 8.69. The van der Waals surface area contributed by atoms with Crippen molar-refractivity contribution in [3.05, 3.63) is 59.4 Å². The topological polar surface area (TPSA) is 63.2 Å². The van der Waals surface area contributed by atoms with Crippen molar-refractivity contribution in [3.63, 3.8) is 0 Å². The fraction of sp³-hybridized carbons (Fsp3) is 0.235. The second-order valence-corrected chi connectivity index (χ2v) is 9.11. The molecule has 0 fully saturated rings. The number of rotatable bonds is 7. The van der Waals surface area contributed by atoms with E-state index in [1.54, 1.807) is 12.1 Å². The Balaban J connectivity index is 1.87. The van der Waals surface area contributed by atoms with Crippen molar-refractivity contribution in [1.82, 2.24) is 5.32 Å². The fourth-order valence-electron chi connectivity index (χ4n) is 1.99. The normalized spacial score (nSPS) is 12.6. The highest BCUT2D eigenvalue weighted by Crippen LogP contribution is 2.20. The summed E-state index contributed by atoms with van der Waals surface area (Å²) in [5.74, 6) is -0.521. The van der Waals surface area contributed by atoms with Crippen LogP contribution in [0.4, 0.5) is 4.39 Å². The summed E-state index contributed by atoms with van der Waals surface area (Å²) >= 11 is 7.33. The van der Waals surface area contributed by atoms with Crippen molar-refractivity contribution >= 4 is 39.1 Å². The minimum absolute atomic E-state index is 0.0768. The number of thioether (sulfide) groups is 1. The van der Waals surface area contributed by atoms with Gasteiger partial charge in [0, 0.05) is 22.2 Å². The Hall–Kier alpha value is -1.57. The monoisotopic (exact) mass is 401 g/mol. The van der Waals surface area contributed by atoms with Gasteiger partial charge in [0.25, 0.3) is 0 Å². The molecule has 25 heavy (non-hydrogen) atoms. The van der Waals surface area contributed by atoms with Crippen molar-refractivity contribution in [2.45, 2.75) is 22.0 Å². The van der Waals surface area contributed by atoms with E-state index in [-0.39, 0.29) is 4.90 Å². The molecule has 0 heterocycles. The molecule has 2 rings (SSSR count). The fourth-order valence-corrected chi connectivity index (χ4v) is 4.17. The summed E-state index contributed by atoms with van der Waals surface area (Å²) in [5, 5.41) is 2.01. The molecule has 0 aromatic heterocycles. The summed E-state index contributed by atoms with van der Waals surface area (Å²) in [6.45, 7) is 1.65. The molecule has 8 heteroatoms. The Morgan fingerprint density at radius 1 is 1.16 bits per heavy atom. The predicted octanol–water partition coefficient (Wildman–Crippen LogP) is 3.55. The molecule has 1 unspecified atom stereocenters. The van der Waals surface area contributed by atoms with E-state index < -0.39 is 26.8 Å². The van der Waals surface area contributed by atoms with Gasteiger partial charge in [0.2, 0.25) is 5.91 Å². The van der Waals surface area contributed by atoms with Crippen LogP contribution in [0.25, 0.3) is 0 Å². The summed E-state index contributed by atoms with van der Waals surface area (Å²) in [6.07, 6.45) is 0. The van der Waals surface area contributed by atoms with E-state index in [9.17, 15) is 17.6 Å². The molecule has 0 radical (unpaired) electrons. The maximum atomic E-state index is 12.9. The number of carbonyl (C=O) groups is 1. The number of halogens is 2. The third-order valence-corrected chi connectivity index (χ3v) is 6.80. The van der Waals surface area contributed by atoms with Gasteiger partial charge in [0.15, 0.2) is 9.84 Å². The Morgan fingerprint density at radius 2 is 1.76 bits per heavy atom. The highest BCUT2D eigenvalue weighted by atomic mass is 35.5. The first kappa shape index (κ1) is 19.8. The van der Waals surface area contributed by atoms with E-state index in [4.69, 9.17) is 11.6 Å². The Kier molecular flexibility index (Phi) is 6.87. The molecular formula is C17H17ClFNO3S2. The molecule has 0 saturated carbocycles. The number of nitrogens with one attached hydrogen (secondary N) is 1. The van der Waals surface area contributed by atoms with Crippen LogP contribution in [0.1, 0.15) is 6.92 Å². The van der Waals surface area contributed by atoms with E-state index in [0.717, 1.165) is 29.2 Å². The van der Waals surface area contributed by atoms with E-state index in [2.05, 4.69) is 5.32 Å². The van der Waals surface area contributed by atoms with Gasteiger partial charge in [-0.25, -0.2) is 12.8 Å². The molecule has 0 aliphatic rings. The molecule has 1 N–H and O–H groups in total. The minimum atomic E-state index is -3.85. The van der Waals surface area contributed by atoms with E-state index in [1.165, 1.54) is 18.7 Å². The molecule has 134 valence electrons. The summed E-state index contributed by atoms with van der Waals surface area (Å²) in [4.78, 5) is 13.0. The second-order valence-electron chi connectivity index (χ2n) is 5.23. The summed E-state index contributed by atoms with van der Waals surface area (Å²) in [5.41, 5.74) is 0. The lowest BCUT2D eigenvalue weighted by Crippen LogP contribution is -2.38. The molecule has 0 bridgehead atoms. The van der Waals surface area contributed by atoms with Crippen molar-refractivity contribution < 1.29 is 17.6 Å². The van der Waals surface area contributed by atoms with Gasteiger partial charge in [-0.2, -0.15) is 0 Å². The van der Waals surface area contributed by atoms with Crippen molar-refractivity contribution in [2.24, 2.45) is 0 Å². The van der Waals surface area contributed by atoms with Gasteiger partial charge in [-0.05, 0) is 55.5 Å². The number of benzene rings is 2. The maximum Gasteiger partial charge on any atom is 0.238 e. The van der Waals surface area contributed by atoms with Gasteiger partial charge in [0.05, 0.1) is 4.90 Å². The van der Waals surface area contributed by atoms with Crippen LogP contribution in [0.3, 0.4) is 0 Å². The van der Waals surface area contributed by atoms with E-state index in [0.29, 0.717) is 17.3 Å². The zero-order valence-electron chi connectivity index (χ0n) is 13.4. The standard InChI is InChI=1S/C17H17ClFNO3S2/c1-12(25(22,23)16-8-4-14(19)5-9-16)17(21)20-10-11-24-15-6-2-13(18)3-7-15/h2-9,12H,10-11H2,1H3,(H,20,21). The molecule has 4 nitrogen and oxygen atoms in total. The Labute approximate surface area is 155 Å². The van der Waals surface area contributed by atoms with Crippen LogP contribution in [-0.4, -0.2) is 31.9 Å². The zero-order valence-corrected chi connectivity index (χ0v) is 15.8. The van der Waals surface area contributed by atoms with Gasteiger partial charge in [-0.1, -0.05) is 11.6 Å². The molecule has 0 aliphatic carbocycles. The number of hydrogen-bond donors (Lipinski definition) is 1. The zero-order chi connectivity index (χ0) is 18.4. The first-order valence-electron chi connectivity index (χ1n) is 7.46. The van der Waals surface area contributed by atoms with Crippen molar-refractivity contribution in [1.29, 1.82) is 0 Å². The van der Waals surface area contributed by atoms with Crippen LogP contribution >= 0.6 is 23.4 Å². The van der Waals surface area contributed by atoms with Crippen LogP contribution in [0.2, 0.25) is 5.02 Å². The molecule has 1 atom stereocenters. The summed E-state index contributed by atoms with van der Waals surface area (Å²) < 4.78 is 37.7. The lowest BCUT2D eigenvalue weighted by molar-refractivity contribution is -0.120. The molecule has 1 amide bonds. The third kappa shape index (κ3) is 5.45. The van der Waals surface area contributed by atoms with E-state index in [1.807, 2.05) is 12.1 Å². The van der Waals surface area contributed by atoms with Gasteiger partial charge in [0.1, 0.15) is 11.1 Å². The predicted molar refractivity (Wildman–Crippen MR) is 98.2 cm³/mol. The molecule has 0 aliphatic heterocycles. The Bertz CT molecular complexity index is 824. The molecule has 0 saturated heterocycles. The van der Waals surface area contributed by atoms with Crippen molar-refractivity contribution in [3.8, 4) is 0 Å². The number of sulfone groups is 1. The minimum Gasteiger partial charge on any atom is -0.354 e. The SMILES string of the molecule is CC(C(=O)NCCSc1ccc(Cl)cc1)S(=O)(=O)c1ccc(F)cc1. The third-order valence-electron chi connectivity index (χ3n) is 3.46. The van der Waals surface area contributed by atoms with Gasteiger partial charge >= 0.3 is 0 Å². The number of amides is 1. The summed E-state index contributed by atoms with van der Waals surface area (Å²) in [7, 11) is -3.85. The van der Waals surface area contributed by atoms with Gasteiger partial charge < -0.3 is 5.32 Å². The first-order chi connectivity index (χ1) is 11.8. The van der Waals surface area contributed by atoms with Gasteiger partial charge in [-0.3, -0.25) is 4.79 Å². The molecule has 2 aromatic rings. The lowest BCUT2D eigenvalue weighted by atomic mass is 10.3. The van der Waals surface area contributed by atoms with Crippen LogP contribution < -0.4 is 5.32 Å². The number of carbonyl (C=O) groups excluding carboxylic acids is 1. The first-order valence-corrected chi connectivity index (χ1v) is 10.4. The maximum absolute atomic E-state index is 12.9. The van der Waals surface area contributed by atoms with Crippen LogP contribution in [0.5, 0.6) is 0 Å². The average Bonchev–Trinajstić information content (AvgIpc) is 2.59. The van der Waals surface area contributed by atoms with E-state index >= 15 is 0 Å². The van der Waals surface area contributed by atoms with Crippen LogP contribution in [-0.2, 0) is 14.6 Å². The number of hydrogen-bond acceptors (Lipinski definition) is 4. The Morgan fingerprint density at radius 3 is 2.36 bits per heavy atom. The van der Waals surface area contributed by atoms with Crippen molar-refractivity contribution in [2.75, 3.05) is 12.3 Å². The summed E-state index contributed by atoms with van der Waals surface area (Å²) in [6, 6.07) is 11.7. The smallest absolute Gasteiger partial charge is 0.238 e. The average molecular weight is 402 g/mol. The van der Waals surface area contributed by atoms with Gasteiger partial charge in [-0.15, -0.1) is 11.8 Å².